The quantitative estimate of drug-likeness (QED) is 0.238. The Morgan fingerprint density at radius 2 is 1.37 bits per heavy atom. The Balaban J connectivity index is 1.23. The van der Waals surface area contributed by atoms with E-state index < -0.39 is 12.0 Å². The minimum absolute atomic E-state index is 0.499. The molecule has 0 amide bonds. The Hall–Kier alpha value is -4.29. The van der Waals surface area contributed by atoms with E-state index in [0.29, 0.717) is 32.7 Å². The van der Waals surface area contributed by atoms with Crippen LogP contribution in [0.3, 0.4) is 0 Å². The van der Waals surface area contributed by atoms with Gasteiger partial charge in [-0.3, -0.25) is 9.69 Å². The van der Waals surface area contributed by atoms with Crippen LogP contribution in [0.25, 0.3) is 0 Å². The predicted molar refractivity (Wildman–Crippen MR) is 149 cm³/mol. The highest BCUT2D eigenvalue weighted by molar-refractivity contribution is 5.77. The first kappa shape index (κ1) is 25.4. The Bertz CT molecular complexity index is 1310. The molecule has 0 saturated carbocycles. The number of fused-ring (bicyclic) bond motifs is 2. The van der Waals surface area contributed by atoms with Gasteiger partial charge in [0.1, 0.15) is 18.4 Å². The van der Waals surface area contributed by atoms with Crippen LogP contribution < -0.4 is 14.4 Å². The molecule has 1 N–H and O–H groups in total. The van der Waals surface area contributed by atoms with E-state index in [4.69, 9.17) is 9.47 Å². The molecule has 38 heavy (non-hydrogen) atoms. The van der Waals surface area contributed by atoms with Crippen LogP contribution in [-0.2, 0) is 17.9 Å². The Kier molecular flexibility index (Phi) is 7.90. The molecule has 194 valence electrons. The van der Waals surface area contributed by atoms with Crippen LogP contribution in [-0.4, -0.2) is 35.2 Å². The molecule has 0 saturated heterocycles. The van der Waals surface area contributed by atoms with Crippen LogP contribution in [0.1, 0.15) is 24.5 Å². The summed E-state index contributed by atoms with van der Waals surface area (Å²) in [5.41, 5.74) is 4.18. The molecule has 6 nitrogen and oxygen atoms in total. The summed E-state index contributed by atoms with van der Waals surface area (Å²) in [4.78, 5) is 16.2. The van der Waals surface area contributed by atoms with Gasteiger partial charge in [-0.2, -0.15) is 0 Å². The Morgan fingerprint density at radius 1 is 0.816 bits per heavy atom. The van der Waals surface area contributed by atoms with E-state index >= 15 is 0 Å². The fraction of sp³-hybridized carbons (Fsp3) is 0.219. The molecule has 1 atom stereocenters. The average Bonchev–Trinajstić information content (AvgIpc) is 2.94. The van der Waals surface area contributed by atoms with Crippen molar-refractivity contribution in [2.45, 2.75) is 32.5 Å². The van der Waals surface area contributed by atoms with E-state index in [9.17, 15) is 9.90 Å². The number of hydrogen-bond donors (Lipinski definition) is 1. The van der Waals surface area contributed by atoms with E-state index in [2.05, 4.69) is 17.0 Å². The molecule has 1 unspecified atom stereocenters. The van der Waals surface area contributed by atoms with Gasteiger partial charge in [0, 0.05) is 13.1 Å². The van der Waals surface area contributed by atoms with Crippen LogP contribution in [0.2, 0.25) is 0 Å². The molecule has 0 spiro atoms. The van der Waals surface area contributed by atoms with Gasteiger partial charge in [0.05, 0.1) is 17.9 Å². The SMILES string of the molecule is CCC(C(=O)O)N(Cc1ccccc1)Cc1ccc(OCCN2c3ccccc3Oc3ccccc32)cc1. The number of hydrogen-bond acceptors (Lipinski definition) is 5. The molecule has 0 fully saturated rings. The second-order valence-electron chi connectivity index (χ2n) is 9.33. The van der Waals surface area contributed by atoms with Gasteiger partial charge in [0.2, 0.25) is 0 Å². The van der Waals surface area contributed by atoms with E-state index in [0.717, 1.165) is 39.8 Å². The molecular formula is C32H32N2O4. The lowest BCUT2D eigenvalue weighted by Crippen LogP contribution is -2.39. The lowest BCUT2D eigenvalue weighted by atomic mass is 10.1. The summed E-state index contributed by atoms with van der Waals surface area (Å²) in [7, 11) is 0. The largest absolute Gasteiger partial charge is 0.492 e. The first-order valence-electron chi connectivity index (χ1n) is 13.0. The molecule has 1 aliphatic rings. The number of carboxylic acid groups (broad SMARTS) is 1. The van der Waals surface area contributed by atoms with Crippen LogP contribution >= 0.6 is 0 Å². The first-order chi connectivity index (χ1) is 18.6. The molecular weight excluding hydrogens is 476 g/mol. The average molecular weight is 509 g/mol. The summed E-state index contributed by atoms with van der Waals surface area (Å²) < 4.78 is 12.2. The highest BCUT2D eigenvalue weighted by atomic mass is 16.5. The second kappa shape index (κ2) is 11.8. The Morgan fingerprint density at radius 3 is 1.95 bits per heavy atom. The van der Waals surface area contributed by atoms with E-state index in [1.54, 1.807) is 0 Å². The van der Waals surface area contributed by atoms with Gasteiger partial charge < -0.3 is 19.5 Å². The summed E-state index contributed by atoms with van der Waals surface area (Å²) in [6, 6.07) is 33.4. The second-order valence-corrected chi connectivity index (χ2v) is 9.33. The van der Waals surface area contributed by atoms with Gasteiger partial charge in [0.25, 0.3) is 0 Å². The van der Waals surface area contributed by atoms with Crippen molar-refractivity contribution in [2.75, 3.05) is 18.1 Å². The molecule has 0 aliphatic carbocycles. The van der Waals surface area contributed by atoms with Crippen molar-refractivity contribution >= 4 is 17.3 Å². The standard InChI is InChI=1S/C32H32N2O4/c1-2-27(32(35)36)33(22-24-10-4-3-5-11-24)23-25-16-18-26(19-17-25)37-21-20-34-28-12-6-8-14-30(28)38-31-15-9-7-13-29(31)34/h3-19,27H,2,20-23H2,1H3,(H,35,36). The molecule has 0 bridgehead atoms. The molecule has 4 aromatic rings. The minimum Gasteiger partial charge on any atom is -0.492 e. The summed E-state index contributed by atoms with van der Waals surface area (Å²) in [5.74, 6) is 1.66. The molecule has 5 rings (SSSR count). The zero-order chi connectivity index (χ0) is 26.3. The summed E-state index contributed by atoms with van der Waals surface area (Å²) in [6.45, 7) is 4.20. The number of anilines is 2. The fourth-order valence-electron chi connectivity index (χ4n) is 4.89. The maximum atomic E-state index is 11.9. The molecule has 4 aromatic carbocycles. The van der Waals surface area contributed by atoms with Crippen molar-refractivity contribution in [1.29, 1.82) is 0 Å². The van der Waals surface area contributed by atoms with Gasteiger partial charge in [-0.05, 0) is 53.9 Å². The smallest absolute Gasteiger partial charge is 0.320 e. The zero-order valence-corrected chi connectivity index (χ0v) is 21.5. The number of aliphatic carboxylic acids is 1. The topological polar surface area (TPSA) is 62.2 Å². The first-order valence-corrected chi connectivity index (χ1v) is 13.0. The zero-order valence-electron chi connectivity index (χ0n) is 21.5. The van der Waals surface area contributed by atoms with Gasteiger partial charge in [0.15, 0.2) is 11.5 Å². The number of rotatable bonds is 11. The van der Waals surface area contributed by atoms with Crippen molar-refractivity contribution in [3.63, 3.8) is 0 Å². The fourth-order valence-corrected chi connectivity index (χ4v) is 4.89. The number of ether oxygens (including phenoxy) is 2. The summed E-state index contributed by atoms with van der Waals surface area (Å²) in [5, 5.41) is 9.80. The van der Waals surface area contributed by atoms with Gasteiger partial charge in [-0.15, -0.1) is 0 Å². The van der Waals surface area contributed by atoms with Crippen LogP contribution in [0, 0.1) is 0 Å². The third kappa shape index (κ3) is 5.82. The number of carbonyl (C=O) groups is 1. The number of benzene rings is 4. The van der Waals surface area contributed by atoms with Crippen LogP contribution in [0.4, 0.5) is 11.4 Å². The van der Waals surface area contributed by atoms with Crippen molar-refractivity contribution in [3.8, 4) is 17.2 Å². The van der Waals surface area contributed by atoms with E-state index in [1.807, 2.05) is 103 Å². The van der Waals surface area contributed by atoms with E-state index in [1.165, 1.54) is 0 Å². The third-order valence-electron chi connectivity index (χ3n) is 6.77. The molecule has 1 aliphatic heterocycles. The van der Waals surface area contributed by atoms with Gasteiger partial charge in [-0.1, -0.05) is 73.7 Å². The van der Waals surface area contributed by atoms with Crippen LogP contribution in [0.15, 0.2) is 103 Å². The van der Waals surface area contributed by atoms with Crippen LogP contribution in [0.5, 0.6) is 17.2 Å². The van der Waals surface area contributed by atoms with Crippen molar-refractivity contribution in [3.05, 3.63) is 114 Å². The third-order valence-corrected chi connectivity index (χ3v) is 6.77. The maximum absolute atomic E-state index is 11.9. The van der Waals surface area contributed by atoms with E-state index in [-0.39, 0.29) is 0 Å². The van der Waals surface area contributed by atoms with Gasteiger partial charge in [-0.25, -0.2) is 0 Å². The van der Waals surface area contributed by atoms with Crippen molar-refractivity contribution < 1.29 is 19.4 Å². The summed E-state index contributed by atoms with van der Waals surface area (Å²) in [6.07, 6.45) is 0.539. The lowest BCUT2D eigenvalue weighted by molar-refractivity contribution is -0.144. The number of carboxylic acids is 1. The number of para-hydroxylation sites is 4. The molecule has 0 radical (unpaired) electrons. The number of nitrogens with zero attached hydrogens (tertiary/aromatic N) is 2. The minimum atomic E-state index is -0.797. The van der Waals surface area contributed by atoms with Crippen molar-refractivity contribution in [2.24, 2.45) is 0 Å². The molecule has 1 heterocycles. The van der Waals surface area contributed by atoms with Gasteiger partial charge >= 0.3 is 5.97 Å². The molecule has 6 heteroatoms. The van der Waals surface area contributed by atoms with Crippen molar-refractivity contribution in [1.82, 2.24) is 4.90 Å². The summed E-state index contributed by atoms with van der Waals surface area (Å²) >= 11 is 0. The Labute approximate surface area is 223 Å². The normalized spacial score (nSPS) is 12.8. The monoisotopic (exact) mass is 508 g/mol. The lowest BCUT2D eigenvalue weighted by Gasteiger charge is -2.32. The maximum Gasteiger partial charge on any atom is 0.320 e. The molecule has 0 aromatic heterocycles. The highest BCUT2D eigenvalue weighted by Gasteiger charge is 2.25. The highest BCUT2D eigenvalue weighted by Crippen LogP contribution is 2.45. The predicted octanol–water partition coefficient (Wildman–Crippen LogP) is 6.87.